The number of nitrogens with zero attached hydrogens (tertiary/aromatic N) is 5. The minimum atomic E-state index is -4.59. The highest BCUT2D eigenvalue weighted by atomic mass is 19.4. The Hall–Kier alpha value is -3.30. The predicted molar refractivity (Wildman–Crippen MR) is 112 cm³/mol. The third-order valence-electron chi connectivity index (χ3n) is 5.69. The Bertz CT molecular complexity index is 1150. The third-order valence-corrected chi connectivity index (χ3v) is 5.69. The van der Waals surface area contributed by atoms with Gasteiger partial charge < -0.3 is 15.5 Å². The quantitative estimate of drug-likeness (QED) is 0.671. The molecule has 0 spiro atoms. The number of aromatic nitrogens is 3. The molecule has 1 aromatic carbocycles. The fraction of sp³-hybridized carbons (Fsp3) is 0.381. The number of nitrogen functional groups attached to an aromatic ring is 1. The standard InChI is InChI=1S/C21H23F3N6O/c1-13(31)28-7-8-29(20(2,3)11-28)15-6-4-5-14(9-15)17-10-16(21(22,23)24)18-19(25)26-12-27-30(17)18/h4-6,9-10,12H,7-8,11H2,1-3H3,(H2,25,26,27). The molecule has 0 aliphatic carbocycles. The molecule has 4 rings (SSSR count). The first-order chi connectivity index (χ1) is 14.5. The van der Waals surface area contributed by atoms with Gasteiger partial charge in [-0.3, -0.25) is 4.79 Å². The van der Waals surface area contributed by atoms with Crippen molar-refractivity contribution in [2.24, 2.45) is 0 Å². The topological polar surface area (TPSA) is 79.8 Å². The number of amides is 1. The van der Waals surface area contributed by atoms with Crippen LogP contribution in [0.25, 0.3) is 16.8 Å². The molecule has 0 saturated carbocycles. The van der Waals surface area contributed by atoms with Crippen LogP contribution in [-0.2, 0) is 11.0 Å². The zero-order valence-electron chi connectivity index (χ0n) is 17.4. The molecule has 1 aliphatic rings. The van der Waals surface area contributed by atoms with Gasteiger partial charge >= 0.3 is 6.18 Å². The number of carbonyl (C=O) groups excluding carboxylic acids is 1. The molecule has 2 aromatic heterocycles. The molecule has 10 heteroatoms. The molecule has 31 heavy (non-hydrogen) atoms. The molecule has 0 atom stereocenters. The normalized spacial score (nSPS) is 16.7. The van der Waals surface area contributed by atoms with E-state index in [-0.39, 0.29) is 28.5 Å². The van der Waals surface area contributed by atoms with Crippen molar-refractivity contribution in [3.05, 3.63) is 42.2 Å². The van der Waals surface area contributed by atoms with Crippen molar-refractivity contribution in [3.63, 3.8) is 0 Å². The molecule has 7 nitrogen and oxygen atoms in total. The van der Waals surface area contributed by atoms with Gasteiger partial charge in [-0.15, -0.1) is 0 Å². The lowest BCUT2D eigenvalue weighted by atomic mass is 9.97. The lowest BCUT2D eigenvalue weighted by molar-refractivity contribution is -0.136. The highest BCUT2D eigenvalue weighted by Crippen LogP contribution is 2.39. The minimum Gasteiger partial charge on any atom is -0.382 e. The summed E-state index contributed by atoms with van der Waals surface area (Å²) in [6, 6.07) is 8.35. The molecule has 164 valence electrons. The molecule has 1 saturated heterocycles. The summed E-state index contributed by atoms with van der Waals surface area (Å²) in [5.74, 6) is -0.204. The molecule has 0 radical (unpaired) electrons. The summed E-state index contributed by atoms with van der Waals surface area (Å²) < 4.78 is 42.1. The molecule has 1 aliphatic heterocycles. The fourth-order valence-electron chi connectivity index (χ4n) is 4.23. The molecule has 1 amide bonds. The maximum atomic E-state index is 13.6. The summed E-state index contributed by atoms with van der Waals surface area (Å²) in [6.45, 7) is 7.39. The maximum absolute atomic E-state index is 13.6. The fourth-order valence-corrected chi connectivity index (χ4v) is 4.23. The Morgan fingerprint density at radius 1 is 1.19 bits per heavy atom. The predicted octanol–water partition coefficient (Wildman–Crippen LogP) is 3.44. The van der Waals surface area contributed by atoms with Crippen LogP contribution < -0.4 is 10.6 Å². The maximum Gasteiger partial charge on any atom is 0.418 e. The number of piperazine rings is 1. The second kappa shape index (κ2) is 7.14. The average molecular weight is 432 g/mol. The van der Waals surface area contributed by atoms with Crippen LogP contribution in [0.15, 0.2) is 36.7 Å². The van der Waals surface area contributed by atoms with Crippen molar-refractivity contribution < 1.29 is 18.0 Å². The van der Waals surface area contributed by atoms with Crippen LogP contribution in [0.5, 0.6) is 0 Å². The number of benzene rings is 1. The highest BCUT2D eigenvalue weighted by Gasteiger charge is 2.37. The summed E-state index contributed by atoms with van der Waals surface area (Å²) in [6.07, 6.45) is -3.45. The monoisotopic (exact) mass is 432 g/mol. The van der Waals surface area contributed by atoms with Crippen molar-refractivity contribution in [2.75, 3.05) is 30.3 Å². The molecule has 2 N–H and O–H groups in total. The Labute approximate surface area is 177 Å². The number of halogens is 3. The van der Waals surface area contributed by atoms with E-state index in [4.69, 9.17) is 5.73 Å². The first-order valence-corrected chi connectivity index (χ1v) is 9.82. The lowest BCUT2D eigenvalue weighted by Crippen LogP contribution is -2.60. The number of carbonyl (C=O) groups is 1. The Morgan fingerprint density at radius 3 is 2.58 bits per heavy atom. The number of nitrogens with two attached hydrogens (primary N) is 1. The minimum absolute atomic E-state index is 0.0260. The SMILES string of the molecule is CC(=O)N1CCN(c2cccc(-c3cc(C(F)(F)F)c4c(N)ncnn34)c2)C(C)(C)C1. The van der Waals surface area contributed by atoms with Crippen LogP contribution in [0.3, 0.4) is 0 Å². The van der Waals surface area contributed by atoms with Crippen LogP contribution in [0, 0.1) is 0 Å². The van der Waals surface area contributed by atoms with E-state index in [0.717, 1.165) is 18.1 Å². The second-order valence-corrected chi connectivity index (χ2v) is 8.30. The van der Waals surface area contributed by atoms with Crippen LogP contribution in [0.2, 0.25) is 0 Å². The molecular formula is C21H23F3N6O. The van der Waals surface area contributed by atoms with E-state index < -0.39 is 11.7 Å². The third kappa shape index (κ3) is 3.66. The van der Waals surface area contributed by atoms with Crippen LogP contribution in [0.1, 0.15) is 26.3 Å². The van der Waals surface area contributed by atoms with E-state index >= 15 is 0 Å². The van der Waals surface area contributed by atoms with Crippen molar-refractivity contribution in [1.82, 2.24) is 19.5 Å². The lowest BCUT2D eigenvalue weighted by Gasteiger charge is -2.48. The molecule has 0 unspecified atom stereocenters. The smallest absolute Gasteiger partial charge is 0.382 e. The first kappa shape index (κ1) is 21.0. The van der Waals surface area contributed by atoms with Gasteiger partial charge in [-0.25, -0.2) is 9.50 Å². The van der Waals surface area contributed by atoms with Crippen molar-refractivity contribution in [1.29, 1.82) is 0 Å². The van der Waals surface area contributed by atoms with E-state index in [9.17, 15) is 18.0 Å². The van der Waals surface area contributed by atoms with Gasteiger partial charge in [-0.05, 0) is 32.0 Å². The largest absolute Gasteiger partial charge is 0.418 e. The van der Waals surface area contributed by atoms with Gasteiger partial charge in [0, 0.05) is 37.8 Å². The molecular weight excluding hydrogens is 409 g/mol. The summed E-state index contributed by atoms with van der Waals surface area (Å²) >= 11 is 0. The number of hydrogen-bond acceptors (Lipinski definition) is 5. The van der Waals surface area contributed by atoms with Gasteiger partial charge in [0.1, 0.15) is 11.8 Å². The number of rotatable bonds is 2. The van der Waals surface area contributed by atoms with Gasteiger partial charge in [0.15, 0.2) is 5.82 Å². The van der Waals surface area contributed by atoms with Crippen LogP contribution in [0.4, 0.5) is 24.7 Å². The zero-order chi connectivity index (χ0) is 22.6. The molecule has 1 fully saturated rings. The number of fused-ring (bicyclic) bond motifs is 1. The summed E-state index contributed by atoms with van der Waals surface area (Å²) in [4.78, 5) is 19.5. The Balaban J connectivity index is 1.79. The second-order valence-electron chi connectivity index (χ2n) is 8.30. The number of alkyl halides is 3. The zero-order valence-corrected chi connectivity index (χ0v) is 17.4. The molecule has 0 bridgehead atoms. The van der Waals surface area contributed by atoms with E-state index in [2.05, 4.69) is 15.0 Å². The van der Waals surface area contributed by atoms with Gasteiger partial charge in [0.2, 0.25) is 5.91 Å². The Kier molecular flexibility index (Phi) is 4.83. The first-order valence-electron chi connectivity index (χ1n) is 9.82. The van der Waals surface area contributed by atoms with Gasteiger partial charge in [-0.1, -0.05) is 12.1 Å². The van der Waals surface area contributed by atoms with Crippen molar-refractivity contribution >= 4 is 22.9 Å². The average Bonchev–Trinajstić information content (AvgIpc) is 3.09. The van der Waals surface area contributed by atoms with Crippen molar-refractivity contribution in [3.8, 4) is 11.3 Å². The van der Waals surface area contributed by atoms with E-state index in [1.54, 1.807) is 24.0 Å². The van der Waals surface area contributed by atoms with Gasteiger partial charge in [0.05, 0.1) is 16.8 Å². The number of hydrogen-bond donors (Lipinski definition) is 1. The van der Waals surface area contributed by atoms with Crippen LogP contribution >= 0.6 is 0 Å². The Morgan fingerprint density at radius 2 is 1.94 bits per heavy atom. The summed E-state index contributed by atoms with van der Waals surface area (Å²) in [7, 11) is 0. The number of anilines is 2. The van der Waals surface area contributed by atoms with Crippen LogP contribution in [-0.4, -0.2) is 50.6 Å². The molecule has 3 heterocycles. The van der Waals surface area contributed by atoms with Gasteiger partial charge in [0.25, 0.3) is 0 Å². The van der Waals surface area contributed by atoms with Gasteiger partial charge in [-0.2, -0.15) is 18.3 Å². The van der Waals surface area contributed by atoms with E-state index in [0.29, 0.717) is 25.2 Å². The molecule has 3 aromatic rings. The summed E-state index contributed by atoms with van der Waals surface area (Å²) in [5, 5.41) is 4.02. The van der Waals surface area contributed by atoms with E-state index in [1.165, 1.54) is 4.52 Å². The van der Waals surface area contributed by atoms with Crippen molar-refractivity contribution in [2.45, 2.75) is 32.5 Å². The summed E-state index contributed by atoms with van der Waals surface area (Å²) in [5.41, 5.74) is 5.99. The highest BCUT2D eigenvalue weighted by molar-refractivity contribution is 5.79. The van der Waals surface area contributed by atoms with E-state index in [1.807, 2.05) is 26.0 Å².